The summed E-state index contributed by atoms with van der Waals surface area (Å²) in [6.45, 7) is 9.64. The average molecular weight is 241 g/mol. The second-order valence-electron chi connectivity index (χ2n) is 6.66. The van der Waals surface area contributed by atoms with Gasteiger partial charge in [0.05, 0.1) is 5.37 Å². The molecule has 1 heterocycles. The molecule has 1 saturated heterocycles. The average Bonchev–Trinajstić information content (AvgIpc) is 2.73. The van der Waals surface area contributed by atoms with Gasteiger partial charge in [0.1, 0.15) is 0 Å². The third-order valence-electron chi connectivity index (χ3n) is 4.65. The van der Waals surface area contributed by atoms with Crippen molar-refractivity contribution in [3.05, 3.63) is 0 Å². The third kappa shape index (κ3) is 2.15. The van der Waals surface area contributed by atoms with E-state index in [1.54, 1.807) is 0 Å². The van der Waals surface area contributed by atoms with Crippen molar-refractivity contribution in [2.45, 2.75) is 70.8 Å². The second kappa shape index (κ2) is 4.53. The Hall–Kier alpha value is 0.310. The maximum absolute atomic E-state index is 2.85. The highest BCUT2D eigenvalue weighted by molar-refractivity contribution is 7.99. The van der Waals surface area contributed by atoms with Crippen LogP contribution in [0.5, 0.6) is 0 Å². The minimum atomic E-state index is 0.439. The highest BCUT2D eigenvalue weighted by atomic mass is 32.2. The zero-order chi connectivity index (χ0) is 11.9. The maximum atomic E-state index is 2.85. The van der Waals surface area contributed by atoms with E-state index >= 15 is 0 Å². The molecule has 1 aliphatic carbocycles. The molecule has 2 heteroatoms. The predicted octanol–water partition coefficient (Wildman–Crippen LogP) is 3.98. The van der Waals surface area contributed by atoms with Crippen molar-refractivity contribution in [1.29, 1.82) is 0 Å². The fraction of sp³-hybridized carbons (Fsp3) is 1.00. The Morgan fingerprint density at radius 1 is 1.25 bits per heavy atom. The van der Waals surface area contributed by atoms with Gasteiger partial charge in [-0.15, -0.1) is 11.8 Å². The number of thioether (sulfide) groups is 1. The molecule has 94 valence electrons. The lowest BCUT2D eigenvalue weighted by Gasteiger charge is -2.41. The normalized spacial score (nSPS) is 37.7. The van der Waals surface area contributed by atoms with E-state index in [-0.39, 0.29) is 0 Å². The molecule has 2 rings (SSSR count). The van der Waals surface area contributed by atoms with Gasteiger partial charge in [0, 0.05) is 12.1 Å². The molecule has 0 aromatic carbocycles. The first-order valence-corrected chi connectivity index (χ1v) is 8.04. The van der Waals surface area contributed by atoms with Gasteiger partial charge in [0.25, 0.3) is 0 Å². The van der Waals surface area contributed by atoms with Gasteiger partial charge >= 0.3 is 0 Å². The molecule has 16 heavy (non-hydrogen) atoms. The summed E-state index contributed by atoms with van der Waals surface area (Å²) in [5.74, 6) is 0.999. The van der Waals surface area contributed by atoms with E-state index in [0.717, 1.165) is 18.0 Å². The largest absolute Gasteiger partial charge is 0.285 e. The van der Waals surface area contributed by atoms with Gasteiger partial charge in [-0.1, -0.05) is 27.2 Å². The Morgan fingerprint density at radius 3 is 2.50 bits per heavy atom. The number of likely N-dealkylation sites (tertiary alicyclic amines) is 1. The Morgan fingerprint density at radius 2 is 1.94 bits per heavy atom. The molecule has 4 atom stereocenters. The van der Waals surface area contributed by atoms with Crippen LogP contribution >= 0.6 is 11.8 Å². The molecule has 0 amide bonds. The zero-order valence-electron chi connectivity index (χ0n) is 11.5. The Labute approximate surface area is 105 Å². The van der Waals surface area contributed by atoms with E-state index < -0.39 is 0 Å². The van der Waals surface area contributed by atoms with Crippen molar-refractivity contribution in [3.8, 4) is 0 Å². The van der Waals surface area contributed by atoms with Gasteiger partial charge in [0.2, 0.25) is 0 Å². The first-order valence-electron chi connectivity index (χ1n) is 6.75. The van der Waals surface area contributed by atoms with Crippen LogP contribution in [-0.4, -0.2) is 28.6 Å². The summed E-state index contributed by atoms with van der Waals surface area (Å²) >= 11 is 2.02. The third-order valence-corrected chi connectivity index (χ3v) is 5.57. The molecule has 2 aliphatic rings. The van der Waals surface area contributed by atoms with E-state index in [1.807, 2.05) is 11.8 Å². The van der Waals surface area contributed by atoms with Gasteiger partial charge < -0.3 is 0 Å². The van der Waals surface area contributed by atoms with Crippen LogP contribution in [0.3, 0.4) is 0 Å². The lowest BCUT2D eigenvalue weighted by molar-refractivity contribution is 0.100. The van der Waals surface area contributed by atoms with Gasteiger partial charge in [0.15, 0.2) is 0 Å². The molecule has 1 nitrogen and oxygen atoms in total. The van der Waals surface area contributed by atoms with Gasteiger partial charge in [-0.25, -0.2) is 0 Å². The number of hydrogen-bond donors (Lipinski definition) is 0. The lowest BCUT2D eigenvalue weighted by atomic mass is 9.83. The molecule has 1 saturated carbocycles. The number of rotatable bonds is 2. The van der Waals surface area contributed by atoms with Crippen molar-refractivity contribution < 1.29 is 0 Å². The fourth-order valence-corrected chi connectivity index (χ4v) is 4.32. The zero-order valence-corrected chi connectivity index (χ0v) is 12.3. The summed E-state index contributed by atoms with van der Waals surface area (Å²) in [4.78, 5) is 2.85. The Bertz CT molecular complexity index is 246. The van der Waals surface area contributed by atoms with Crippen molar-refractivity contribution in [2.24, 2.45) is 11.3 Å². The van der Waals surface area contributed by atoms with Crippen LogP contribution < -0.4 is 0 Å². The predicted molar refractivity (Wildman–Crippen MR) is 73.8 cm³/mol. The monoisotopic (exact) mass is 241 g/mol. The minimum Gasteiger partial charge on any atom is -0.285 e. The Kier molecular flexibility index (Phi) is 3.61. The highest BCUT2D eigenvalue weighted by Crippen LogP contribution is 2.48. The molecule has 1 aliphatic heterocycles. The minimum absolute atomic E-state index is 0.439. The highest BCUT2D eigenvalue weighted by Gasteiger charge is 2.48. The van der Waals surface area contributed by atoms with E-state index in [1.165, 1.54) is 25.7 Å². The molecule has 4 unspecified atom stereocenters. The van der Waals surface area contributed by atoms with Gasteiger partial charge in [-0.3, -0.25) is 4.90 Å². The fourth-order valence-electron chi connectivity index (χ4n) is 3.77. The molecular formula is C14H27NS. The van der Waals surface area contributed by atoms with Crippen molar-refractivity contribution in [1.82, 2.24) is 4.90 Å². The lowest BCUT2D eigenvalue weighted by Crippen LogP contribution is -2.46. The van der Waals surface area contributed by atoms with Gasteiger partial charge in [-0.2, -0.15) is 0 Å². The molecule has 2 fully saturated rings. The first kappa shape index (κ1) is 12.8. The Balaban J connectivity index is 2.19. The molecule has 0 spiro atoms. The maximum Gasteiger partial charge on any atom is 0.0531 e. The summed E-state index contributed by atoms with van der Waals surface area (Å²) in [5, 5.41) is 0.692. The van der Waals surface area contributed by atoms with Crippen LogP contribution in [-0.2, 0) is 0 Å². The van der Waals surface area contributed by atoms with Crippen LogP contribution in [0.1, 0.15) is 53.4 Å². The van der Waals surface area contributed by atoms with E-state index in [2.05, 4.69) is 38.9 Å². The van der Waals surface area contributed by atoms with Crippen LogP contribution in [0.25, 0.3) is 0 Å². The molecule has 0 aromatic rings. The molecule has 0 radical (unpaired) electrons. The summed E-state index contributed by atoms with van der Waals surface area (Å²) < 4.78 is 0. The van der Waals surface area contributed by atoms with E-state index in [4.69, 9.17) is 0 Å². The summed E-state index contributed by atoms with van der Waals surface area (Å²) in [7, 11) is 0. The van der Waals surface area contributed by atoms with E-state index in [0.29, 0.717) is 10.8 Å². The SMILES string of the molecule is CSC(C)N1C2CCCC2CC1C(C)(C)C. The van der Waals surface area contributed by atoms with Crippen LogP contribution in [0.2, 0.25) is 0 Å². The summed E-state index contributed by atoms with van der Waals surface area (Å²) in [5.41, 5.74) is 0.439. The molecule has 0 N–H and O–H groups in total. The molecule has 0 aromatic heterocycles. The smallest absolute Gasteiger partial charge is 0.0531 e. The topological polar surface area (TPSA) is 3.24 Å². The van der Waals surface area contributed by atoms with Crippen molar-refractivity contribution in [3.63, 3.8) is 0 Å². The summed E-state index contributed by atoms with van der Waals surface area (Å²) in [6, 6.07) is 1.69. The number of hydrogen-bond acceptors (Lipinski definition) is 2. The molecular weight excluding hydrogens is 214 g/mol. The second-order valence-corrected chi connectivity index (χ2v) is 7.81. The standard InChI is InChI=1S/C14H27NS/c1-10(16-5)15-12-8-6-7-11(12)9-13(15)14(2,3)4/h10-13H,6-9H2,1-5H3. The summed E-state index contributed by atoms with van der Waals surface area (Å²) in [6.07, 6.45) is 8.09. The number of fused-ring (bicyclic) bond motifs is 1. The number of nitrogens with zero attached hydrogens (tertiary/aromatic N) is 1. The van der Waals surface area contributed by atoms with E-state index in [9.17, 15) is 0 Å². The first-order chi connectivity index (χ1) is 7.45. The van der Waals surface area contributed by atoms with Crippen LogP contribution in [0.4, 0.5) is 0 Å². The quantitative estimate of drug-likeness (QED) is 0.719. The van der Waals surface area contributed by atoms with Crippen molar-refractivity contribution in [2.75, 3.05) is 6.26 Å². The van der Waals surface area contributed by atoms with Gasteiger partial charge in [-0.05, 0) is 43.8 Å². The molecule has 0 bridgehead atoms. The van der Waals surface area contributed by atoms with Crippen molar-refractivity contribution >= 4 is 11.8 Å². The van der Waals surface area contributed by atoms with Crippen LogP contribution in [0.15, 0.2) is 0 Å². The van der Waals surface area contributed by atoms with Crippen LogP contribution in [0, 0.1) is 11.3 Å².